The molecule has 0 aliphatic heterocycles. The molecular weight excluding hydrogens is 310 g/mol. The summed E-state index contributed by atoms with van der Waals surface area (Å²) in [6, 6.07) is 10.2. The highest BCUT2D eigenvalue weighted by molar-refractivity contribution is 7.93. The minimum Gasteiger partial charge on any atom is -0.378 e. The zero-order chi connectivity index (χ0) is 14.1. The fourth-order valence-corrected chi connectivity index (χ4v) is 4.32. The number of hydrogen-bond acceptors (Lipinski definition) is 6. The van der Waals surface area contributed by atoms with E-state index >= 15 is 0 Å². The molecule has 2 N–H and O–H groups in total. The van der Waals surface area contributed by atoms with Gasteiger partial charge in [0.05, 0.1) is 0 Å². The number of sulfonamides is 1. The van der Waals surface area contributed by atoms with Crippen LogP contribution in [0.25, 0.3) is 0 Å². The third-order valence-electron chi connectivity index (χ3n) is 2.03. The Hall–Kier alpha value is -1.42. The van der Waals surface area contributed by atoms with E-state index in [4.69, 9.17) is 9.32 Å². The molecular formula is C10H9NO5S3. The van der Waals surface area contributed by atoms with Gasteiger partial charge in [0, 0.05) is 0 Å². The number of benzene rings is 1. The predicted molar refractivity (Wildman–Crippen MR) is 69.9 cm³/mol. The highest BCUT2D eigenvalue weighted by Crippen LogP contribution is 2.27. The highest BCUT2D eigenvalue weighted by Gasteiger charge is 2.22. The van der Waals surface area contributed by atoms with E-state index in [1.807, 2.05) is 0 Å². The number of primary sulfonamides is 1. The van der Waals surface area contributed by atoms with Gasteiger partial charge in [-0.15, -0.1) is 11.3 Å². The van der Waals surface area contributed by atoms with Crippen LogP contribution in [-0.4, -0.2) is 16.8 Å². The molecule has 0 atom stereocenters. The quantitative estimate of drug-likeness (QED) is 0.852. The summed E-state index contributed by atoms with van der Waals surface area (Å²) in [5.74, 6) is 0.146. The van der Waals surface area contributed by atoms with Crippen LogP contribution in [0.1, 0.15) is 0 Å². The van der Waals surface area contributed by atoms with Crippen molar-refractivity contribution in [2.75, 3.05) is 0 Å². The Morgan fingerprint density at radius 2 is 1.47 bits per heavy atom. The predicted octanol–water partition coefficient (Wildman–Crippen LogP) is 1.16. The second kappa shape index (κ2) is 4.93. The summed E-state index contributed by atoms with van der Waals surface area (Å²) in [6.07, 6.45) is 0. The maximum atomic E-state index is 11.9. The molecule has 1 aromatic heterocycles. The molecule has 0 aliphatic rings. The topological polar surface area (TPSA) is 104 Å². The molecule has 1 heterocycles. The maximum absolute atomic E-state index is 11.9. The number of para-hydroxylation sites is 1. The van der Waals surface area contributed by atoms with Crippen LogP contribution in [0.15, 0.2) is 50.9 Å². The summed E-state index contributed by atoms with van der Waals surface area (Å²) >= 11 is 0.540. The smallest absolute Gasteiger partial charge is 0.348 e. The lowest BCUT2D eigenvalue weighted by atomic mass is 10.3. The van der Waals surface area contributed by atoms with Crippen LogP contribution in [0.5, 0.6) is 5.75 Å². The molecule has 0 spiro atoms. The van der Waals surface area contributed by atoms with E-state index < -0.39 is 20.1 Å². The van der Waals surface area contributed by atoms with E-state index in [2.05, 4.69) is 0 Å². The Morgan fingerprint density at radius 3 is 2.00 bits per heavy atom. The Labute approximate surface area is 114 Å². The Balaban J connectivity index is 2.33. The molecule has 9 heteroatoms. The average molecular weight is 319 g/mol. The molecule has 102 valence electrons. The summed E-state index contributed by atoms with van der Waals surface area (Å²) < 4.78 is 50.4. The van der Waals surface area contributed by atoms with Crippen molar-refractivity contribution in [1.29, 1.82) is 0 Å². The fourth-order valence-electron chi connectivity index (χ4n) is 1.23. The van der Waals surface area contributed by atoms with Crippen molar-refractivity contribution in [1.82, 2.24) is 0 Å². The van der Waals surface area contributed by atoms with E-state index in [1.165, 1.54) is 12.1 Å². The molecule has 0 bridgehead atoms. The van der Waals surface area contributed by atoms with E-state index in [0.29, 0.717) is 11.3 Å². The monoisotopic (exact) mass is 319 g/mol. The lowest BCUT2D eigenvalue weighted by Crippen LogP contribution is -2.10. The molecule has 1 aromatic carbocycles. The summed E-state index contributed by atoms with van der Waals surface area (Å²) in [4.78, 5) is 0. The Bertz CT molecular complexity index is 778. The number of thiophene rings is 1. The van der Waals surface area contributed by atoms with Gasteiger partial charge in [-0.2, -0.15) is 8.42 Å². The molecule has 0 saturated heterocycles. The van der Waals surface area contributed by atoms with Crippen LogP contribution in [0.3, 0.4) is 0 Å². The molecule has 0 saturated carbocycles. The van der Waals surface area contributed by atoms with Crippen LogP contribution in [-0.2, 0) is 20.1 Å². The molecule has 0 aliphatic carbocycles. The lowest BCUT2D eigenvalue weighted by Gasteiger charge is -2.04. The summed E-state index contributed by atoms with van der Waals surface area (Å²) in [7, 11) is -7.97. The van der Waals surface area contributed by atoms with E-state index in [-0.39, 0.29) is 14.2 Å². The van der Waals surface area contributed by atoms with Crippen molar-refractivity contribution in [2.45, 2.75) is 8.42 Å². The molecule has 2 aromatic rings. The van der Waals surface area contributed by atoms with Crippen LogP contribution in [0, 0.1) is 0 Å². The number of nitrogens with two attached hydrogens (primary N) is 1. The number of rotatable bonds is 4. The minimum atomic E-state index is -4.05. The van der Waals surface area contributed by atoms with Gasteiger partial charge in [0.15, 0.2) is 4.21 Å². The van der Waals surface area contributed by atoms with Gasteiger partial charge in [-0.3, -0.25) is 0 Å². The van der Waals surface area contributed by atoms with Gasteiger partial charge in [-0.1, -0.05) is 18.2 Å². The third kappa shape index (κ3) is 3.32. The molecule has 0 amide bonds. The Morgan fingerprint density at radius 1 is 0.895 bits per heavy atom. The van der Waals surface area contributed by atoms with Gasteiger partial charge in [0.2, 0.25) is 10.0 Å². The SMILES string of the molecule is NS(=O)(=O)c1ccc(S(=O)(=O)Oc2ccccc2)s1. The van der Waals surface area contributed by atoms with Gasteiger partial charge in [0.1, 0.15) is 9.96 Å². The van der Waals surface area contributed by atoms with Crippen LogP contribution in [0.2, 0.25) is 0 Å². The molecule has 0 unspecified atom stereocenters. The second-order valence-corrected chi connectivity index (χ2v) is 8.11. The van der Waals surface area contributed by atoms with Crippen molar-refractivity contribution in [3.63, 3.8) is 0 Å². The lowest BCUT2D eigenvalue weighted by molar-refractivity contribution is 0.488. The van der Waals surface area contributed by atoms with E-state index in [9.17, 15) is 16.8 Å². The summed E-state index contributed by atoms with van der Waals surface area (Å²) in [5.41, 5.74) is 0. The number of hydrogen-bond donors (Lipinski definition) is 1. The average Bonchev–Trinajstić information content (AvgIpc) is 2.79. The Kier molecular flexibility index (Phi) is 3.63. The van der Waals surface area contributed by atoms with Gasteiger partial charge < -0.3 is 4.18 Å². The molecule has 6 nitrogen and oxygen atoms in total. The standard InChI is InChI=1S/C10H9NO5S3/c11-18(12,13)9-6-7-10(17-9)19(14,15)16-8-4-2-1-3-5-8/h1-7H,(H2,11,12,13). The first-order valence-corrected chi connectivity index (χ1v) is 8.68. The van der Waals surface area contributed by atoms with Crippen LogP contribution < -0.4 is 9.32 Å². The zero-order valence-corrected chi connectivity index (χ0v) is 11.8. The van der Waals surface area contributed by atoms with E-state index in [1.54, 1.807) is 18.2 Å². The first-order valence-electron chi connectivity index (χ1n) is 4.91. The summed E-state index contributed by atoms with van der Waals surface area (Å²) in [5, 5.41) is 4.91. The van der Waals surface area contributed by atoms with Gasteiger partial charge in [-0.05, 0) is 24.3 Å². The van der Waals surface area contributed by atoms with Gasteiger partial charge in [-0.25, -0.2) is 13.6 Å². The first kappa shape index (κ1) is 14.0. The van der Waals surface area contributed by atoms with Crippen molar-refractivity contribution in [3.05, 3.63) is 42.5 Å². The minimum absolute atomic E-state index is 0.146. The normalized spacial score (nSPS) is 12.3. The van der Waals surface area contributed by atoms with Crippen molar-refractivity contribution >= 4 is 31.5 Å². The fraction of sp³-hybridized carbons (Fsp3) is 0. The van der Waals surface area contributed by atoms with Gasteiger partial charge >= 0.3 is 10.1 Å². The van der Waals surface area contributed by atoms with Crippen LogP contribution >= 0.6 is 11.3 Å². The van der Waals surface area contributed by atoms with Gasteiger partial charge in [0.25, 0.3) is 0 Å². The largest absolute Gasteiger partial charge is 0.378 e. The third-order valence-corrected chi connectivity index (χ3v) is 6.25. The van der Waals surface area contributed by atoms with Crippen molar-refractivity contribution in [2.24, 2.45) is 5.14 Å². The van der Waals surface area contributed by atoms with Crippen molar-refractivity contribution < 1.29 is 21.0 Å². The first-order chi connectivity index (χ1) is 8.79. The van der Waals surface area contributed by atoms with E-state index in [0.717, 1.165) is 12.1 Å². The summed E-state index contributed by atoms with van der Waals surface area (Å²) in [6.45, 7) is 0. The molecule has 0 fully saturated rings. The molecule has 19 heavy (non-hydrogen) atoms. The highest BCUT2D eigenvalue weighted by atomic mass is 32.3. The maximum Gasteiger partial charge on any atom is 0.348 e. The molecule has 0 radical (unpaired) electrons. The van der Waals surface area contributed by atoms with Crippen LogP contribution in [0.4, 0.5) is 0 Å². The second-order valence-electron chi connectivity index (χ2n) is 3.47. The zero-order valence-electron chi connectivity index (χ0n) is 9.38. The van der Waals surface area contributed by atoms with Crippen molar-refractivity contribution in [3.8, 4) is 5.75 Å². The molecule has 2 rings (SSSR count).